The molecule has 0 amide bonds. The van der Waals surface area contributed by atoms with Crippen LogP contribution >= 0.6 is 11.6 Å². The predicted octanol–water partition coefficient (Wildman–Crippen LogP) is 4.97. The number of hydrogen-bond acceptors (Lipinski definition) is 1. The monoisotopic (exact) mass is 310 g/mol. The van der Waals surface area contributed by atoms with Crippen LogP contribution in [0.15, 0.2) is 60.8 Å². The number of aromatic nitrogens is 1. The molecule has 2 aromatic carbocycles. The molecule has 0 radical (unpaired) electrons. The molecule has 112 valence electrons. The van der Waals surface area contributed by atoms with Crippen molar-refractivity contribution in [2.45, 2.75) is 6.54 Å². The van der Waals surface area contributed by atoms with E-state index in [2.05, 4.69) is 53.3 Å². The lowest BCUT2D eigenvalue weighted by atomic mass is 10.1. The third kappa shape index (κ3) is 3.59. The van der Waals surface area contributed by atoms with E-state index in [-0.39, 0.29) is 0 Å². The summed E-state index contributed by atoms with van der Waals surface area (Å²) >= 11 is 5.89. The molecule has 1 aromatic heterocycles. The second-order valence-electron chi connectivity index (χ2n) is 5.51. The number of nitrogens with one attached hydrogen (secondary N) is 1. The number of likely N-dealkylation sites (N-methyl/N-ethyl adjacent to an activating group) is 1. The molecule has 1 heterocycles. The smallest absolute Gasteiger partial charge is 0.0499 e. The van der Waals surface area contributed by atoms with Crippen LogP contribution in [0, 0.1) is 0 Å². The quantitative estimate of drug-likeness (QED) is 0.705. The van der Waals surface area contributed by atoms with E-state index in [0.717, 1.165) is 18.1 Å². The van der Waals surface area contributed by atoms with Crippen molar-refractivity contribution >= 4 is 28.6 Å². The Labute approximate surface area is 136 Å². The summed E-state index contributed by atoms with van der Waals surface area (Å²) in [6.07, 6.45) is 6.30. The topological polar surface area (TPSA) is 19.0 Å². The van der Waals surface area contributed by atoms with Crippen molar-refractivity contribution in [2.24, 2.45) is 0 Å². The minimum absolute atomic E-state index is 0.772. The maximum atomic E-state index is 5.89. The number of H-pyrrole nitrogens is 1. The maximum absolute atomic E-state index is 5.89. The van der Waals surface area contributed by atoms with Gasteiger partial charge in [0.25, 0.3) is 0 Å². The van der Waals surface area contributed by atoms with Crippen LogP contribution in [0.2, 0.25) is 5.02 Å². The lowest BCUT2D eigenvalue weighted by Crippen LogP contribution is -2.17. The van der Waals surface area contributed by atoms with Gasteiger partial charge in [0, 0.05) is 29.8 Å². The Morgan fingerprint density at radius 1 is 1.09 bits per heavy atom. The SMILES string of the molecule is CN(CC=Cc1ccc(Cl)cc1)Cc1cccc2cc[nH]c12. The molecule has 2 nitrogen and oxygen atoms in total. The van der Waals surface area contributed by atoms with Gasteiger partial charge in [-0.05, 0) is 41.8 Å². The number of rotatable bonds is 5. The molecule has 0 atom stereocenters. The van der Waals surface area contributed by atoms with Gasteiger partial charge in [-0.2, -0.15) is 0 Å². The van der Waals surface area contributed by atoms with Crippen LogP contribution in [0.1, 0.15) is 11.1 Å². The molecular weight excluding hydrogens is 292 g/mol. The fraction of sp³-hybridized carbons (Fsp3) is 0.158. The molecular formula is C19H19ClN2. The largest absolute Gasteiger partial charge is 0.361 e. The average molecular weight is 311 g/mol. The second kappa shape index (κ2) is 6.82. The van der Waals surface area contributed by atoms with E-state index in [4.69, 9.17) is 11.6 Å². The Balaban J connectivity index is 1.61. The second-order valence-corrected chi connectivity index (χ2v) is 5.95. The normalized spacial score (nSPS) is 11.8. The van der Waals surface area contributed by atoms with Gasteiger partial charge in [0.15, 0.2) is 0 Å². The van der Waals surface area contributed by atoms with Crippen LogP contribution < -0.4 is 0 Å². The fourth-order valence-corrected chi connectivity index (χ4v) is 2.71. The predicted molar refractivity (Wildman–Crippen MR) is 95.1 cm³/mol. The molecule has 0 bridgehead atoms. The summed E-state index contributed by atoms with van der Waals surface area (Å²) in [5, 5.41) is 2.04. The number of aromatic amines is 1. The van der Waals surface area contributed by atoms with Crippen molar-refractivity contribution in [3.05, 3.63) is 77.0 Å². The lowest BCUT2D eigenvalue weighted by Gasteiger charge is -2.15. The van der Waals surface area contributed by atoms with Crippen molar-refractivity contribution in [2.75, 3.05) is 13.6 Å². The number of benzene rings is 2. The minimum atomic E-state index is 0.772. The van der Waals surface area contributed by atoms with Crippen molar-refractivity contribution in [3.63, 3.8) is 0 Å². The highest BCUT2D eigenvalue weighted by molar-refractivity contribution is 6.30. The van der Waals surface area contributed by atoms with E-state index >= 15 is 0 Å². The standard InChI is InChI=1S/C19H19ClN2/c1-22(13-3-4-15-7-9-18(20)10-8-15)14-17-6-2-5-16-11-12-21-19(16)17/h2-12,21H,13-14H2,1H3. The summed E-state index contributed by atoms with van der Waals surface area (Å²) in [4.78, 5) is 5.62. The van der Waals surface area contributed by atoms with Crippen molar-refractivity contribution in [1.29, 1.82) is 0 Å². The van der Waals surface area contributed by atoms with E-state index in [1.54, 1.807) is 0 Å². The van der Waals surface area contributed by atoms with Crippen LogP contribution in [-0.2, 0) is 6.54 Å². The van der Waals surface area contributed by atoms with Gasteiger partial charge in [0.2, 0.25) is 0 Å². The zero-order chi connectivity index (χ0) is 15.4. The summed E-state index contributed by atoms with van der Waals surface area (Å²) < 4.78 is 0. The molecule has 1 N–H and O–H groups in total. The number of hydrogen-bond donors (Lipinski definition) is 1. The Hall–Kier alpha value is -2.03. The summed E-state index contributed by atoms with van der Waals surface area (Å²) in [6.45, 7) is 1.82. The minimum Gasteiger partial charge on any atom is -0.361 e. The summed E-state index contributed by atoms with van der Waals surface area (Å²) in [5.74, 6) is 0. The Bertz CT molecular complexity index is 771. The van der Waals surface area contributed by atoms with Gasteiger partial charge in [-0.25, -0.2) is 0 Å². The van der Waals surface area contributed by atoms with Gasteiger partial charge in [-0.3, -0.25) is 4.90 Å². The highest BCUT2D eigenvalue weighted by Crippen LogP contribution is 2.18. The molecule has 3 heteroatoms. The zero-order valence-electron chi connectivity index (χ0n) is 12.6. The molecule has 3 rings (SSSR count). The number of halogens is 1. The Morgan fingerprint density at radius 2 is 1.91 bits per heavy atom. The van der Waals surface area contributed by atoms with Crippen molar-refractivity contribution in [3.8, 4) is 0 Å². The number of nitrogens with zero attached hydrogens (tertiary/aromatic N) is 1. The first-order valence-electron chi connectivity index (χ1n) is 7.38. The van der Waals surface area contributed by atoms with Gasteiger partial charge in [0.05, 0.1) is 0 Å². The van der Waals surface area contributed by atoms with E-state index in [0.29, 0.717) is 0 Å². The third-order valence-corrected chi connectivity index (χ3v) is 3.96. The molecule has 0 aliphatic heterocycles. The van der Waals surface area contributed by atoms with Crippen LogP contribution in [0.5, 0.6) is 0 Å². The molecule has 0 saturated carbocycles. The van der Waals surface area contributed by atoms with Crippen LogP contribution in [0.25, 0.3) is 17.0 Å². The first-order valence-corrected chi connectivity index (χ1v) is 7.76. The third-order valence-electron chi connectivity index (χ3n) is 3.71. The van der Waals surface area contributed by atoms with Gasteiger partial charge >= 0.3 is 0 Å². The highest BCUT2D eigenvalue weighted by Gasteiger charge is 2.04. The molecule has 3 aromatic rings. The van der Waals surface area contributed by atoms with E-state index < -0.39 is 0 Å². The lowest BCUT2D eigenvalue weighted by molar-refractivity contribution is 0.365. The molecule has 22 heavy (non-hydrogen) atoms. The first-order chi connectivity index (χ1) is 10.7. The van der Waals surface area contributed by atoms with Crippen LogP contribution in [-0.4, -0.2) is 23.5 Å². The molecule has 0 aliphatic rings. The molecule has 0 spiro atoms. The van der Waals surface area contributed by atoms with Gasteiger partial charge in [0.1, 0.15) is 0 Å². The molecule has 0 fully saturated rings. The van der Waals surface area contributed by atoms with Crippen LogP contribution in [0.4, 0.5) is 0 Å². The summed E-state index contributed by atoms with van der Waals surface area (Å²) in [6, 6.07) is 16.4. The van der Waals surface area contributed by atoms with E-state index in [1.165, 1.54) is 22.0 Å². The van der Waals surface area contributed by atoms with Crippen LogP contribution in [0.3, 0.4) is 0 Å². The molecule has 0 unspecified atom stereocenters. The van der Waals surface area contributed by atoms with E-state index in [1.807, 2.05) is 30.5 Å². The van der Waals surface area contributed by atoms with Gasteiger partial charge < -0.3 is 4.98 Å². The summed E-state index contributed by atoms with van der Waals surface area (Å²) in [7, 11) is 2.13. The van der Waals surface area contributed by atoms with Gasteiger partial charge in [-0.1, -0.05) is 54.1 Å². The average Bonchev–Trinajstić information content (AvgIpc) is 2.99. The first kappa shape index (κ1) is 14.9. The zero-order valence-corrected chi connectivity index (χ0v) is 13.3. The summed E-state index contributed by atoms with van der Waals surface area (Å²) in [5.41, 5.74) is 3.73. The van der Waals surface area contributed by atoms with Crippen molar-refractivity contribution < 1.29 is 0 Å². The van der Waals surface area contributed by atoms with Crippen molar-refractivity contribution in [1.82, 2.24) is 9.88 Å². The Morgan fingerprint density at radius 3 is 2.73 bits per heavy atom. The van der Waals surface area contributed by atoms with Gasteiger partial charge in [-0.15, -0.1) is 0 Å². The Kier molecular flexibility index (Phi) is 4.62. The molecule has 0 saturated heterocycles. The highest BCUT2D eigenvalue weighted by atomic mass is 35.5. The number of fused-ring (bicyclic) bond motifs is 1. The maximum Gasteiger partial charge on any atom is 0.0499 e. The number of para-hydroxylation sites is 1. The molecule has 0 aliphatic carbocycles. The fourth-order valence-electron chi connectivity index (χ4n) is 2.58. The van der Waals surface area contributed by atoms with E-state index in [9.17, 15) is 0 Å².